The van der Waals surface area contributed by atoms with Gasteiger partial charge in [0.05, 0.1) is 19.1 Å². The number of hydrogen-bond acceptors (Lipinski definition) is 7. The second-order valence-corrected chi connectivity index (χ2v) is 7.96. The predicted octanol–water partition coefficient (Wildman–Crippen LogP) is 1.02. The predicted molar refractivity (Wildman–Crippen MR) is 121 cm³/mol. The molecule has 0 radical (unpaired) electrons. The van der Waals surface area contributed by atoms with Crippen molar-refractivity contribution >= 4 is 23.1 Å². The number of benzene rings is 2. The fraction of sp³-hybridized carbons (Fsp3) is 0.320. The molecule has 0 saturated carbocycles. The first kappa shape index (κ1) is 23.2. The first-order valence-corrected chi connectivity index (χ1v) is 10.6. The standard InChI is InChI=1S/C25H28NO7/c1-26-12-11-16(17-5-3-4-6-18(17)26)9-7-15-8-10-19(20(13-15)31-2)32-25-24(30)23(29)22(28)21(14-27)33-25/h3-13,21-25,27-30H,14H2,1-2H3/q+1/t21-,22+,23+,24-,25-/m1/s1. The van der Waals surface area contributed by atoms with Gasteiger partial charge in [0.2, 0.25) is 11.8 Å². The van der Waals surface area contributed by atoms with Crippen LogP contribution in [0.5, 0.6) is 11.5 Å². The maximum absolute atomic E-state index is 10.2. The Labute approximate surface area is 191 Å². The Balaban J connectivity index is 1.56. The number of nitrogens with zero attached hydrogens (tertiary/aromatic N) is 1. The molecule has 0 amide bonds. The molecule has 3 aromatic rings. The molecule has 1 saturated heterocycles. The fourth-order valence-electron chi connectivity index (χ4n) is 3.89. The normalized spacial score (nSPS) is 25.5. The van der Waals surface area contributed by atoms with Gasteiger partial charge in [0.1, 0.15) is 31.5 Å². The van der Waals surface area contributed by atoms with Crippen LogP contribution in [0.1, 0.15) is 11.1 Å². The third kappa shape index (κ3) is 4.71. The summed E-state index contributed by atoms with van der Waals surface area (Å²) in [6, 6.07) is 15.5. The molecule has 4 rings (SSSR count). The molecular weight excluding hydrogens is 426 g/mol. The lowest BCUT2D eigenvalue weighted by Crippen LogP contribution is -2.60. The second kappa shape index (κ2) is 9.86. The van der Waals surface area contributed by atoms with Crippen LogP contribution in [0.2, 0.25) is 0 Å². The maximum Gasteiger partial charge on any atom is 0.229 e. The molecule has 0 spiro atoms. The van der Waals surface area contributed by atoms with Gasteiger partial charge in [-0.2, -0.15) is 0 Å². The topological polar surface area (TPSA) is 112 Å². The van der Waals surface area contributed by atoms with Gasteiger partial charge in [0.25, 0.3) is 0 Å². The number of pyridine rings is 1. The zero-order valence-electron chi connectivity index (χ0n) is 18.4. The Morgan fingerprint density at radius 3 is 2.52 bits per heavy atom. The van der Waals surface area contributed by atoms with Crippen LogP contribution in [0.25, 0.3) is 23.1 Å². The van der Waals surface area contributed by atoms with E-state index in [4.69, 9.17) is 14.2 Å². The number of para-hydroxylation sites is 1. The largest absolute Gasteiger partial charge is 0.493 e. The van der Waals surface area contributed by atoms with Crippen molar-refractivity contribution in [2.45, 2.75) is 30.7 Å². The summed E-state index contributed by atoms with van der Waals surface area (Å²) < 4.78 is 18.7. The highest BCUT2D eigenvalue weighted by molar-refractivity contribution is 5.88. The average Bonchev–Trinajstić information content (AvgIpc) is 2.84. The number of aryl methyl sites for hydroxylation is 1. The van der Waals surface area contributed by atoms with Gasteiger partial charge in [-0.25, -0.2) is 4.57 Å². The Bertz CT molecular complexity index is 1150. The second-order valence-electron chi connectivity index (χ2n) is 7.96. The summed E-state index contributed by atoms with van der Waals surface area (Å²) in [5, 5.41) is 40.6. The molecule has 0 aliphatic carbocycles. The van der Waals surface area contributed by atoms with Crippen molar-refractivity contribution < 1.29 is 39.2 Å². The molecule has 174 valence electrons. The van der Waals surface area contributed by atoms with Crippen LogP contribution in [-0.4, -0.2) is 64.8 Å². The van der Waals surface area contributed by atoms with Crippen molar-refractivity contribution in [2.75, 3.05) is 13.7 Å². The Morgan fingerprint density at radius 1 is 0.970 bits per heavy atom. The van der Waals surface area contributed by atoms with Crippen molar-refractivity contribution in [3.05, 3.63) is 65.9 Å². The zero-order valence-corrected chi connectivity index (χ0v) is 18.4. The summed E-state index contributed by atoms with van der Waals surface area (Å²) in [5.41, 5.74) is 3.06. The van der Waals surface area contributed by atoms with E-state index in [0.717, 1.165) is 22.0 Å². The van der Waals surface area contributed by atoms with Gasteiger partial charge in [-0.3, -0.25) is 0 Å². The number of aromatic nitrogens is 1. The quantitative estimate of drug-likeness (QED) is 0.412. The van der Waals surface area contributed by atoms with E-state index in [9.17, 15) is 20.4 Å². The van der Waals surface area contributed by atoms with Gasteiger partial charge in [-0.1, -0.05) is 30.4 Å². The number of hydrogen-bond donors (Lipinski definition) is 4. The molecule has 4 N–H and O–H groups in total. The van der Waals surface area contributed by atoms with Crippen molar-refractivity contribution in [3.63, 3.8) is 0 Å². The summed E-state index contributed by atoms with van der Waals surface area (Å²) >= 11 is 0. The highest BCUT2D eigenvalue weighted by atomic mass is 16.7. The number of fused-ring (bicyclic) bond motifs is 1. The highest BCUT2D eigenvalue weighted by Crippen LogP contribution is 2.32. The SMILES string of the molecule is COc1cc(C=Cc2cc[n+](C)c3ccccc23)ccc1O[C@@H]1O[C@H](CO)[C@H](O)[C@H](O)[C@H]1O. The lowest BCUT2D eigenvalue weighted by Gasteiger charge is -2.39. The minimum absolute atomic E-state index is 0.288. The molecule has 8 nitrogen and oxygen atoms in total. The van der Waals surface area contributed by atoms with E-state index in [0.29, 0.717) is 5.75 Å². The van der Waals surface area contributed by atoms with Gasteiger partial charge in [-0.05, 0) is 29.3 Å². The van der Waals surface area contributed by atoms with Crippen molar-refractivity contribution in [1.29, 1.82) is 0 Å². The van der Waals surface area contributed by atoms with E-state index in [2.05, 4.69) is 16.7 Å². The summed E-state index contributed by atoms with van der Waals surface area (Å²) in [6.07, 6.45) is -0.805. The van der Waals surface area contributed by atoms with E-state index in [-0.39, 0.29) is 5.75 Å². The molecule has 8 heteroatoms. The monoisotopic (exact) mass is 454 g/mol. The Kier molecular flexibility index (Phi) is 6.92. The van der Waals surface area contributed by atoms with Crippen molar-refractivity contribution in [2.24, 2.45) is 7.05 Å². The summed E-state index contributed by atoms with van der Waals surface area (Å²) in [6.45, 7) is -0.530. The zero-order chi connectivity index (χ0) is 23.5. The van der Waals surface area contributed by atoms with Crippen LogP contribution < -0.4 is 14.0 Å². The number of methoxy groups -OCH3 is 1. The van der Waals surface area contributed by atoms with Crippen LogP contribution in [0.15, 0.2) is 54.7 Å². The molecule has 1 aliphatic heterocycles. The van der Waals surface area contributed by atoms with Gasteiger partial charge in [0.15, 0.2) is 17.7 Å². The highest BCUT2D eigenvalue weighted by Gasteiger charge is 2.44. The van der Waals surface area contributed by atoms with Crippen LogP contribution in [-0.2, 0) is 11.8 Å². The summed E-state index contributed by atoms with van der Waals surface area (Å²) in [5.74, 6) is 0.689. The van der Waals surface area contributed by atoms with Crippen LogP contribution in [0.3, 0.4) is 0 Å². The van der Waals surface area contributed by atoms with Gasteiger partial charge in [0, 0.05) is 12.1 Å². The van der Waals surface area contributed by atoms with Gasteiger partial charge in [-0.15, -0.1) is 0 Å². The lowest BCUT2D eigenvalue weighted by atomic mass is 9.99. The molecule has 2 aromatic carbocycles. The Morgan fingerprint density at radius 2 is 1.76 bits per heavy atom. The van der Waals surface area contributed by atoms with E-state index < -0.39 is 37.3 Å². The van der Waals surface area contributed by atoms with E-state index in [1.54, 1.807) is 12.1 Å². The number of ether oxygens (including phenoxy) is 3. The molecule has 0 unspecified atom stereocenters. The summed E-state index contributed by atoms with van der Waals surface area (Å²) in [7, 11) is 3.50. The van der Waals surface area contributed by atoms with Gasteiger partial charge < -0.3 is 34.6 Å². The average molecular weight is 454 g/mol. The smallest absolute Gasteiger partial charge is 0.229 e. The molecule has 2 heterocycles. The maximum atomic E-state index is 10.2. The lowest BCUT2D eigenvalue weighted by molar-refractivity contribution is -0.644. The van der Waals surface area contributed by atoms with E-state index in [1.807, 2.05) is 49.7 Å². The van der Waals surface area contributed by atoms with Crippen LogP contribution in [0.4, 0.5) is 0 Å². The fourth-order valence-corrected chi connectivity index (χ4v) is 3.89. The van der Waals surface area contributed by atoms with E-state index in [1.165, 1.54) is 7.11 Å². The minimum Gasteiger partial charge on any atom is -0.493 e. The first-order chi connectivity index (χ1) is 15.9. The number of aliphatic hydroxyl groups excluding tert-OH is 4. The number of rotatable bonds is 6. The molecule has 33 heavy (non-hydrogen) atoms. The molecule has 1 aromatic heterocycles. The van der Waals surface area contributed by atoms with Crippen LogP contribution in [0, 0.1) is 0 Å². The molecule has 1 aliphatic rings. The first-order valence-electron chi connectivity index (χ1n) is 10.6. The summed E-state index contributed by atoms with van der Waals surface area (Å²) in [4.78, 5) is 0. The van der Waals surface area contributed by atoms with Crippen LogP contribution >= 0.6 is 0 Å². The molecule has 0 bridgehead atoms. The minimum atomic E-state index is -1.52. The number of aliphatic hydroxyl groups is 4. The molecular formula is C25H28NO7+. The van der Waals surface area contributed by atoms with E-state index >= 15 is 0 Å². The third-order valence-corrected chi connectivity index (χ3v) is 5.81. The van der Waals surface area contributed by atoms with Crippen molar-refractivity contribution in [3.8, 4) is 11.5 Å². The third-order valence-electron chi connectivity index (χ3n) is 5.81. The Hall–Kier alpha value is -3.01. The molecule has 1 fully saturated rings. The van der Waals surface area contributed by atoms with Gasteiger partial charge >= 0.3 is 0 Å². The molecule has 5 atom stereocenters. The van der Waals surface area contributed by atoms with Crippen molar-refractivity contribution in [1.82, 2.24) is 0 Å².